The van der Waals surface area contributed by atoms with Crippen LogP contribution in [-0.4, -0.2) is 29.0 Å². The lowest BCUT2D eigenvalue weighted by molar-refractivity contribution is -0.162. The highest BCUT2D eigenvalue weighted by atomic mass is 79.9. The summed E-state index contributed by atoms with van der Waals surface area (Å²) in [6, 6.07) is 10.7. The molecule has 1 aliphatic carbocycles. The monoisotopic (exact) mass is 427 g/mol. The third-order valence-electron chi connectivity index (χ3n) is 5.69. The van der Waals surface area contributed by atoms with Gasteiger partial charge in [-0.15, -0.1) is 0 Å². The van der Waals surface area contributed by atoms with Gasteiger partial charge in [-0.3, -0.25) is 19.3 Å². The Morgan fingerprint density at radius 1 is 1.04 bits per heavy atom. The van der Waals surface area contributed by atoms with Crippen LogP contribution in [0.15, 0.2) is 28.7 Å². The topological polar surface area (TPSA) is 102 Å². The minimum absolute atomic E-state index is 0.360. The number of halogens is 1. The summed E-state index contributed by atoms with van der Waals surface area (Å²) in [5, 5.41) is 19.3. The van der Waals surface area contributed by atoms with Crippen LogP contribution in [0, 0.1) is 39.9 Å². The molecular formula is C20H18BrN3O3. The zero-order chi connectivity index (χ0) is 19.6. The first-order valence-corrected chi connectivity index (χ1v) is 9.67. The predicted octanol–water partition coefficient (Wildman–Crippen LogP) is 3.23. The fraction of sp³-hybridized carbons (Fsp3) is 0.450. The van der Waals surface area contributed by atoms with Crippen molar-refractivity contribution in [1.82, 2.24) is 4.90 Å². The molecule has 2 atom stereocenters. The van der Waals surface area contributed by atoms with Crippen LogP contribution >= 0.6 is 15.9 Å². The molecule has 1 aromatic rings. The van der Waals surface area contributed by atoms with Gasteiger partial charge >= 0.3 is 0 Å². The number of hydrogen-bond donors (Lipinski definition) is 0. The van der Waals surface area contributed by atoms with Crippen LogP contribution < -0.4 is 0 Å². The van der Waals surface area contributed by atoms with Crippen molar-refractivity contribution in [2.75, 3.05) is 6.54 Å². The van der Waals surface area contributed by atoms with Crippen molar-refractivity contribution >= 4 is 33.5 Å². The van der Waals surface area contributed by atoms with Crippen molar-refractivity contribution in [2.45, 2.75) is 32.1 Å². The number of ketones is 1. The smallest absolute Gasteiger partial charge is 0.247 e. The molecule has 1 aromatic carbocycles. The van der Waals surface area contributed by atoms with E-state index in [1.54, 1.807) is 24.3 Å². The second-order valence-electron chi connectivity index (χ2n) is 7.11. The summed E-state index contributed by atoms with van der Waals surface area (Å²) in [4.78, 5) is 39.2. The van der Waals surface area contributed by atoms with Crippen LogP contribution in [0.25, 0.3) is 0 Å². The zero-order valence-corrected chi connectivity index (χ0v) is 16.2. The molecule has 1 heterocycles. The second kappa shape index (κ2) is 7.62. The standard InChI is InChI=1S/C20H18BrN3O3/c21-14-6-4-13(5-7-14)17(25)12-24-18(26)15(10-22)20(8-2-1-3-9-20)16(11-23)19(24)27/h4-7,15-16H,1-3,8-9,12H2. The quantitative estimate of drug-likeness (QED) is 0.543. The van der Waals surface area contributed by atoms with Crippen LogP contribution in [0.5, 0.6) is 0 Å². The molecule has 2 fully saturated rings. The van der Waals surface area contributed by atoms with E-state index in [9.17, 15) is 24.9 Å². The molecule has 1 saturated carbocycles. The molecule has 1 saturated heterocycles. The molecule has 27 heavy (non-hydrogen) atoms. The fourth-order valence-corrected chi connectivity index (χ4v) is 4.52. The minimum Gasteiger partial charge on any atom is -0.292 e. The molecule has 2 aliphatic rings. The van der Waals surface area contributed by atoms with Gasteiger partial charge in [0.15, 0.2) is 5.78 Å². The first-order chi connectivity index (χ1) is 12.9. The number of imide groups is 1. The predicted molar refractivity (Wildman–Crippen MR) is 98.9 cm³/mol. The number of likely N-dealkylation sites (tertiary alicyclic amines) is 1. The van der Waals surface area contributed by atoms with Gasteiger partial charge in [-0.1, -0.05) is 47.3 Å². The minimum atomic E-state index is -1.07. The Balaban J connectivity index is 1.91. The van der Waals surface area contributed by atoms with E-state index in [1.807, 2.05) is 12.1 Å². The third kappa shape index (κ3) is 3.28. The van der Waals surface area contributed by atoms with Gasteiger partial charge in [0.1, 0.15) is 11.8 Å². The lowest BCUT2D eigenvalue weighted by atomic mass is 9.57. The Kier molecular flexibility index (Phi) is 5.43. The molecule has 0 bridgehead atoms. The molecule has 2 unspecified atom stereocenters. The average Bonchev–Trinajstić information content (AvgIpc) is 2.67. The molecule has 2 amide bonds. The normalized spacial score (nSPS) is 24.3. The van der Waals surface area contributed by atoms with Crippen molar-refractivity contribution in [1.29, 1.82) is 10.5 Å². The molecular weight excluding hydrogens is 410 g/mol. The SMILES string of the molecule is N#CC1C(=O)N(CC(=O)c2ccc(Br)cc2)C(=O)C(C#N)C12CCCCC2. The molecule has 0 radical (unpaired) electrons. The van der Waals surface area contributed by atoms with E-state index in [4.69, 9.17) is 0 Å². The number of amides is 2. The Hall–Kier alpha value is -2.51. The highest BCUT2D eigenvalue weighted by molar-refractivity contribution is 9.10. The van der Waals surface area contributed by atoms with Gasteiger partial charge < -0.3 is 0 Å². The van der Waals surface area contributed by atoms with Gasteiger partial charge in [0.2, 0.25) is 11.8 Å². The van der Waals surface area contributed by atoms with Crippen molar-refractivity contribution in [3.8, 4) is 12.1 Å². The third-order valence-corrected chi connectivity index (χ3v) is 6.22. The van der Waals surface area contributed by atoms with E-state index in [1.165, 1.54) is 0 Å². The number of nitriles is 2. The van der Waals surface area contributed by atoms with Crippen LogP contribution in [0.1, 0.15) is 42.5 Å². The fourth-order valence-electron chi connectivity index (χ4n) is 4.26. The van der Waals surface area contributed by atoms with Crippen LogP contribution in [0.4, 0.5) is 0 Å². The summed E-state index contributed by atoms with van der Waals surface area (Å²) in [6.45, 7) is -0.453. The highest BCUT2D eigenvalue weighted by Crippen LogP contribution is 2.51. The Labute approximate surface area is 165 Å². The van der Waals surface area contributed by atoms with E-state index in [2.05, 4.69) is 15.9 Å². The summed E-state index contributed by atoms with van der Waals surface area (Å²) < 4.78 is 0.803. The lowest BCUT2D eigenvalue weighted by Crippen LogP contribution is -2.60. The van der Waals surface area contributed by atoms with Crippen molar-refractivity contribution in [3.63, 3.8) is 0 Å². The lowest BCUT2D eigenvalue weighted by Gasteiger charge is -2.47. The van der Waals surface area contributed by atoms with Crippen LogP contribution in [0.3, 0.4) is 0 Å². The Bertz CT molecular complexity index is 824. The summed E-state index contributed by atoms with van der Waals surface area (Å²) in [6.07, 6.45) is 3.56. The van der Waals surface area contributed by atoms with E-state index in [-0.39, 0.29) is 0 Å². The molecule has 0 aromatic heterocycles. The van der Waals surface area contributed by atoms with E-state index >= 15 is 0 Å². The summed E-state index contributed by atoms with van der Waals surface area (Å²) >= 11 is 3.29. The summed E-state index contributed by atoms with van der Waals surface area (Å²) in [7, 11) is 0. The number of piperidine rings is 1. The second-order valence-corrected chi connectivity index (χ2v) is 8.03. The Morgan fingerprint density at radius 2 is 1.56 bits per heavy atom. The number of nitrogens with zero attached hydrogens (tertiary/aromatic N) is 3. The van der Waals surface area contributed by atoms with Crippen molar-refractivity contribution in [2.24, 2.45) is 17.3 Å². The number of benzene rings is 1. The van der Waals surface area contributed by atoms with E-state index in [0.717, 1.165) is 28.6 Å². The van der Waals surface area contributed by atoms with E-state index in [0.29, 0.717) is 18.4 Å². The van der Waals surface area contributed by atoms with Gasteiger partial charge in [-0.05, 0) is 25.0 Å². The molecule has 1 spiro atoms. The van der Waals surface area contributed by atoms with Gasteiger partial charge in [0.05, 0.1) is 18.7 Å². The van der Waals surface area contributed by atoms with Crippen LogP contribution in [-0.2, 0) is 9.59 Å². The number of carbonyl (C=O) groups is 3. The van der Waals surface area contributed by atoms with Gasteiger partial charge in [-0.2, -0.15) is 10.5 Å². The van der Waals surface area contributed by atoms with Crippen molar-refractivity contribution < 1.29 is 14.4 Å². The maximum absolute atomic E-state index is 12.9. The maximum Gasteiger partial charge on any atom is 0.247 e. The summed E-state index contributed by atoms with van der Waals surface area (Å²) in [5.74, 6) is -3.85. The number of hydrogen-bond acceptors (Lipinski definition) is 5. The zero-order valence-electron chi connectivity index (χ0n) is 14.7. The van der Waals surface area contributed by atoms with Crippen molar-refractivity contribution in [3.05, 3.63) is 34.3 Å². The number of Topliss-reactive ketones (excluding diaryl/α,β-unsaturated/α-hetero) is 1. The van der Waals surface area contributed by atoms with Gasteiger partial charge in [0, 0.05) is 15.5 Å². The molecule has 0 N–H and O–H groups in total. The summed E-state index contributed by atoms with van der Waals surface area (Å²) in [5.41, 5.74) is -0.564. The first-order valence-electron chi connectivity index (χ1n) is 8.88. The largest absolute Gasteiger partial charge is 0.292 e. The molecule has 138 valence electrons. The average molecular weight is 428 g/mol. The molecule has 3 rings (SSSR count). The maximum atomic E-state index is 12.9. The Morgan fingerprint density at radius 3 is 2.04 bits per heavy atom. The highest BCUT2D eigenvalue weighted by Gasteiger charge is 2.59. The number of rotatable bonds is 3. The van der Waals surface area contributed by atoms with Crippen LogP contribution in [0.2, 0.25) is 0 Å². The first kappa shape index (κ1) is 19.3. The molecule has 7 heteroatoms. The molecule has 1 aliphatic heterocycles. The number of carbonyl (C=O) groups excluding carboxylic acids is 3. The van der Waals surface area contributed by atoms with Gasteiger partial charge in [-0.25, -0.2) is 0 Å². The van der Waals surface area contributed by atoms with E-state index < -0.39 is 41.4 Å². The molecule has 6 nitrogen and oxygen atoms in total. The van der Waals surface area contributed by atoms with Gasteiger partial charge in [0.25, 0.3) is 0 Å².